The van der Waals surface area contributed by atoms with Crippen LogP contribution in [0.2, 0.25) is 0 Å². The van der Waals surface area contributed by atoms with E-state index >= 15 is 0 Å². The molecule has 6 heteroatoms. The number of methoxy groups -OCH3 is 1. The van der Waals surface area contributed by atoms with E-state index < -0.39 is 5.54 Å². The summed E-state index contributed by atoms with van der Waals surface area (Å²) in [7, 11) is 3.44. The molecular formula is C20H29N3O3. The summed E-state index contributed by atoms with van der Waals surface area (Å²) in [6.45, 7) is 7.03. The van der Waals surface area contributed by atoms with Crippen LogP contribution in [0.4, 0.5) is 4.79 Å². The maximum Gasteiger partial charge on any atom is 0.327 e. The fourth-order valence-corrected chi connectivity index (χ4v) is 3.99. The van der Waals surface area contributed by atoms with Gasteiger partial charge in [0, 0.05) is 33.2 Å². The maximum atomic E-state index is 13.0. The SMILES string of the molecule is COc1ccc(CN2CCC3(CC2)C(=O)N(CC(C)C)C(=O)N3C)cc1. The lowest BCUT2D eigenvalue weighted by Gasteiger charge is -2.40. The molecule has 1 spiro atoms. The van der Waals surface area contributed by atoms with E-state index in [1.807, 2.05) is 26.0 Å². The zero-order valence-corrected chi connectivity index (χ0v) is 16.2. The second-order valence-electron chi connectivity index (χ2n) is 7.81. The van der Waals surface area contributed by atoms with E-state index in [4.69, 9.17) is 4.74 Å². The Balaban J connectivity index is 1.64. The monoisotopic (exact) mass is 359 g/mol. The number of ether oxygens (including phenoxy) is 1. The average molecular weight is 359 g/mol. The predicted octanol–water partition coefficient (Wildman–Crippen LogP) is 2.58. The van der Waals surface area contributed by atoms with Gasteiger partial charge < -0.3 is 9.64 Å². The van der Waals surface area contributed by atoms with E-state index in [1.165, 1.54) is 10.5 Å². The number of likely N-dealkylation sites (tertiary alicyclic amines) is 1. The van der Waals surface area contributed by atoms with E-state index in [1.54, 1.807) is 19.1 Å². The van der Waals surface area contributed by atoms with Crippen molar-refractivity contribution in [1.82, 2.24) is 14.7 Å². The highest BCUT2D eigenvalue weighted by molar-refractivity contribution is 6.07. The first kappa shape index (κ1) is 18.7. The molecule has 3 rings (SSSR count). The number of rotatable bonds is 5. The molecule has 0 bridgehead atoms. The zero-order chi connectivity index (χ0) is 18.9. The van der Waals surface area contributed by atoms with Crippen LogP contribution < -0.4 is 4.74 Å². The fourth-order valence-electron chi connectivity index (χ4n) is 3.99. The standard InChI is InChI=1S/C20H29N3O3/c1-15(2)13-23-18(24)20(21(3)19(23)25)9-11-22(12-10-20)14-16-5-7-17(26-4)8-6-16/h5-8,15H,9-14H2,1-4H3. The summed E-state index contributed by atoms with van der Waals surface area (Å²) in [6, 6.07) is 7.94. The van der Waals surface area contributed by atoms with Gasteiger partial charge >= 0.3 is 6.03 Å². The second-order valence-corrected chi connectivity index (χ2v) is 7.81. The Morgan fingerprint density at radius 3 is 2.27 bits per heavy atom. The van der Waals surface area contributed by atoms with Crippen molar-refractivity contribution >= 4 is 11.9 Å². The van der Waals surface area contributed by atoms with Gasteiger partial charge in [-0.25, -0.2) is 4.79 Å². The molecule has 0 saturated carbocycles. The number of amides is 3. The van der Waals surface area contributed by atoms with Crippen LogP contribution in [-0.2, 0) is 11.3 Å². The Bertz CT molecular complexity index is 663. The lowest BCUT2D eigenvalue weighted by molar-refractivity contribution is -0.135. The van der Waals surface area contributed by atoms with Crippen LogP contribution in [0.1, 0.15) is 32.3 Å². The molecule has 0 atom stereocenters. The van der Waals surface area contributed by atoms with Crippen molar-refractivity contribution in [1.29, 1.82) is 0 Å². The average Bonchev–Trinajstić information content (AvgIpc) is 2.80. The normalized spacial score (nSPS) is 20.5. The summed E-state index contributed by atoms with van der Waals surface area (Å²) in [5.41, 5.74) is 0.577. The van der Waals surface area contributed by atoms with Crippen LogP contribution >= 0.6 is 0 Å². The number of carbonyl (C=O) groups is 2. The first-order valence-corrected chi connectivity index (χ1v) is 9.32. The highest BCUT2D eigenvalue weighted by Crippen LogP contribution is 2.36. The lowest BCUT2D eigenvalue weighted by Crippen LogP contribution is -2.55. The van der Waals surface area contributed by atoms with Gasteiger partial charge in [0.25, 0.3) is 5.91 Å². The minimum Gasteiger partial charge on any atom is -0.497 e. The highest BCUT2D eigenvalue weighted by atomic mass is 16.5. The van der Waals surface area contributed by atoms with Gasteiger partial charge in [-0.05, 0) is 36.5 Å². The van der Waals surface area contributed by atoms with Crippen LogP contribution in [0.5, 0.6) is 5.75 Å². The Hall–Kier alpha value is -2.08. The number of benzene rings is 1. The molecule has 2 aliphatic heterocycles. The van der Waals surface area contributed by atoms with E-state index in [9.17, 15) is 9.59 Å². The van der Waals surface area contributed by atoms with Crippen molar-refractivity contribution in [3.8, 4) is 5.75 Å². The third kappa shape index (κ3) is 3.30. The van der Waals surface area contributed by atoms with Gasteiger partial charge in [0.15, 0.2) is 0 Å². The molecule has 0 radical (unpaired) electrons. The van der Waals surface area contributed by atoms with Gasteiger partial charge in [-0.1, -0.05) is 26.0 Å². The van der Waals surface area contributed by atoms with Gasteiger partial charge in [0.1, 0.15) is 11.3 Å². The molecule has 1 aromatic rings. The van der Waals surface area contributed by atoms with Gasteiger partial charge in [-0.2, -0.15) is 0 Å². The number of hydrogen-bond donors (Lipinski definition) is 0. The molecule has 2 fully saturated rings. The van der Waals surface area contributed by atoms with Gasteiger partial charge in [-0.15, -0.1) is 0 Å². The molecular weight excluding hydrogens is 330 g/mol. The highest BCUT2D eigenvalue weighted by Gasteiger charge is 2.56. The van der Waals surface area contributed by atoms with Gasteiger partial charge in [0.05, 0.1) is 7.11 Å². The minimum absolute atomic E-state index is 0.0113. The Morgan fingerprint density at radius 1 is 1.12 bits per heavy atom. The zero-order valence-electron chi connectivity index (χ0n) is 16.2. The first-order chi connectivity index (χ1) is 12.4. The van der Waals surface area contributed by atoms with Crippen molar-refractivity contribution < 1.29 is 14.3 Å². The van der Waals surface area contributed by atoms with Crippen LogP contribution in [0.15, 0.2) is 24.3 Å². The number of hydrogen-bond acceptors (Lipinski definition) is 4. The largest absolute Gasteiger partial charge is 0.497 e. The number of piperidine rings is 1. The fraction of sp³-hybridized carbons (Fsp3) is 0.600. The molecule has 0 aliphatic carbocycles. The summed E-state index contributed by atoms with van der Waals surface area (Å²) in [4.78, 5) is 31.1. The Morgan fingerprint density at radius 2 is 1.73 bits per heavy atom. The van der Waals surface area contributed by atoms with E-state index in [-0.39, 0.29) is 17.9 Å². The lowest BCUT2D eigenvalue weighted by atomic mass is 9.86. The van der Waals surface area contributed by atoms with E-state index in [0.717, 1.165) is 25.4 Å². The van der Waals surface area contributed by atoms with Crippen LogP contribution in [0, 0.1) is 5.92 Å². The number of likely N-dealkylation sites (N-methyl/N-ethyl adjacent to an activating group) is 1. The molecule has 0 unspecified atom stereocenters. The number of urea groups is 1. The Kier molecular flexibility index (Phi) is 5.23. The molecule has 2 saturated heterocycles. The molecule has 3 amide bonds. The van der Waals surface area contributed by atoms with E-state index in [0.29, 0.717) is 19.4 Å². The van der Waals surface area contributed by atoms with Gasteiger partial charge in [-0.3, -0.25) is 14.6 Å². The quantitative estimate of drug-likeness (QED) is 0.759. The Labute approximate surface area is 155 Å². The third-order valence-corrected chi connectivity index (χ3v) is 5.60. The van der Waals surface area contributed by atoms with E-state index in [2.05, 4.69) is 17.0 Å². The van der Waals surface area contributed by atoms with Crippen LogP contribution in [-0.4, -0.2) is 66.0 Å². The van der Waals surface area contributed by atoms with Gasteiger partial charge in [0.2, 0.25) is 0 Å². The van der Waals surface area contributed by atoms with Crippen molar-refractivity contribution in [2.45, 2.75) is 38.8 Å². The molecule has 1 aromatic carbocycles. The number of nitrogens with zero attached hydrogens (tertiary/aromatic N) is 3. The molecule has 0 N–H and O–H groups in total. The summed E-state index contributed by atoms with van der Waals surface area (Å²) in [5.74, 6) is 1.12. The van der Waals surface area contributed by atoms with Crippen molar-refractivity contribution in [3.05, 3.63) is 29.8 Å². The second kappa shape index (κ2) is 7.27. The predicted molar refractivity (Wildman–Crippen MR) is 99.9 cm³/mol. The molecule has 6 nitrogen and oxygen atoms in total. The summed E-state index contributed by atoms with van der Waals surface area (Å²) in [5, 5.41) is 0. The van der Waals surface area contributed by atoms with Crippen molar-refractivity contribution in [2.75, 3.05) is 33.8 Å². The number of carbonyl (C=O) groups excluding carboxylic acids is 2. The van der Waals surface area contributed by atoms with Crippen LogP contribution in [0.3, 0.4) is 0 Å². The van der Waals surface area contributed by atoms with Crippen LogP contribution in [0.25, 0.3) is 0 Å². The molecule has 26 heavy (non-hydrogen) atoms. The smallest absolute Gasteiger partial charge is 0.327 e. The molecule has 2 heterocycles. The third-order valence-electron chi connectivity index (χ3n) is 5.60. The summed E-state index contributed by atoms with van der Waals surface area (Å²) >= 11 is 0. The topological polar surface area (TPSA) is 53.1 Å². The molecule has 142 valence electrons. The maximum absolute atomic E-state index is 13.0. The molecule has 0 aromatic heterocycles. The minimum atomic E-state index is -0.650. The van der Waals surface area contributed by atoms with Crippen molar-refractivity contribution in [3.63, 3.8) is 0 Å². The summed E-state index contributed by atoms with van der Waals surface area (Å²) in [6.07, 6.45) is 1.39. The number of imide groups is 1. The van der Waals surface area contributed by atoms with Crippen molar-refractivity contribution in [2.24, 2.45) is 5.92 Å². The summed E-state index contributed by atoms with van der Waals surface area (Å²) < 4.78 is 5.20. The molecule has 2 aliphatic rings. The first-order valence-electron chi connectivity index (χ1n) is 9.32.